The molecule has 90 valence electrons. The molecule has 0 bridgehead atoms. The molecule has 0 aliphatic carbocycles. The lowest BCUT2D eigenvalue weighted by Crippen LogP contribution is -2.40. The average molecular weight is 235 g/mol. The average Bonchev–Trinajstić information content (AvgIpc) is 2.71. The molecule has 6 nitrogen and oxygen atoms in total. The fourth-order valence-corrected chi connectivity index (χ4v) is 1.81. The number of rotatable bonds is 3. The summed E-state index contributed by atoms with van der Waals surface area (Å²) in [5.41, 5.74) is 0.924. The molecule has 0 aromatic carbocycles. The highest BCUT2D eigenvalue weighted by Crippen LogP contribution is 2.21. The summed E-state index contributed by atoms with van der Waals surface area (Å²) in [4.78, 5) is 27.7. The summed E-state index contributed by atoms with van der Waals surface area (Å²) in [6, 6.07) is 2.27. The summed E-state index contributed by atoms with van der Waals surface area (Å²) in [7, 11) is 0. The number of urea groups is 1. The number of nitrogens with one attached hydrogen (secondary N) is 1. The Balaban J connectivity index is 2.13. The van der Waals surface area contributed by atoms with Crippen molar-refractivity contribution in [3.05, 3.63) is 30.1 Å². The normalized spacial score (nSPS) is 21.1. The molecule has 17 heavy (non-hydrogen) atoms. The quantitative estimate of drug-likeness (QED) is 0.804. The van der Waals surface area contributed by atoms with Crippen LogP contribution in [0.25, 0.3) is 0 Å². The molecule has 2 heterocycles. The van der Waals surface area contributed by atoms with Gasteiger partial charge in [-0.3, -0.25) is 4.98 Å². The number of aromatic nitrogens is 1. The van der Waals surface area contributed by atoms with Crippen molar-refractivity contribution in [1.29, 1.82) is 0 Å². The minimum Gasteiger partial charge on any atom is -0.480 e. The molecule has 2 rings (SSSR count). The third kappa shape index (κ3) is 2.20. The Labute approximate surface area is 98.3 Å². The maximum absolute atomic E-state index is 11.6. The molecule has 2 unspecified atom stereocenters. The highest BCUT2D eigenvalue weighted by Gasteiger charge is 2.35. The van der Waals surface area contributed by atoms with E-state index in [0.717, 1.165) is 5.56 Å². The largest absolute Gasteiger partial charge is 0.480 e. The van der Waals surface area contributed by atoms with Crippen LogP contribution in [-0.2, 0) is 4.79 Å². The number of hydrogen-bond acceptors (Lipinski definition) is 3. The minimum atomic E-state index is -1.00. The van der Waals surface area contributed by atoms with Crippen LogP contribution < -0.4 is 5.32 Å². The van der Waals surface area contributed by atoms with E-state index in [1.807, 2.05) is 0 Å². The molecule has 1 saturated heterocycles. The van der Waals surface area contributed by atoms with Gasteiger partial charge in [0.05, 0.1) is 6.04 Å². The fraction of sp³-hybridized carbons (Fsp3) is 0.364. The molecule has 2 amide bonds. The lowest BCUT2D eigenvalue weighted by atomic mass is 10.1. The summed E-state index contributed by atoms with van der Waals surface area (Å²) in [6.45, 7) is 1.85. The first-order valence-corrected chi connectivity index (χ1v) is 5.29. The van der Waals surface area contributed by atoms with Gasteiger partial charge < -0.3 is 15.3 Å². The van der Waals surface area contributed by atoms with Gasteiger partial charge in [-0.15, -0.1) is 0 Å². The van der Waals surface area contributed by atoms with Gasteiger partial charge in [0.1, 0.15) is 6.04 Å². The van der Waals surface area contributed by atoms with Crippen molar-refractivity contribution in [2.24, 2.45) is 0 Å². The molecule has 1 aromatic rings. The van der Waals surface area contributed by atoms with Crippen molar-refractivity contribution in [3.63, 3.8) is 0 Å². The lowest BCUT2D eigenvalue weighted by molar-refractivity contribution is -0.141. The highest BCUT2D eigenvalue weighted by molar-refractivity contribution is 5.84. The maximum atomic E-state index is 11.6. The number of hydrogen-bond donors (Lipinski definition) is 2. The second-order valence-electron chi connectivity index (χ2n) is 3.95. The number of carbonyl (C=O) groups is 2. The van der Waals surface area contributed by atoms with Gasteiger partial charge in [0.15, 0.2) is 0 Å². The first-order chi connectivity index (χ1) is 8.09. The third-order valence-corrected chi connectivity index (χ3v) is 2.87. The van der Waals surface area contributed by atoms with E-state index in [9.17, 15) is 9.59 Å². The van der Waals surface area contributed by atoms with Gasteiger partial charge in [0.25, 0.3) is 0 Å². The van der Waals surface area contributed by atoms with E-state index in [0.29, 0.717) is 6.54 Å². The lowest BCUT2D eigenvalue weighted by Gasteiger charge is -2.19. The second-order valence-corrected chi connectivity index (χ2v) is 3.95. The zero-order valence-corrected chi connectivity index (χ0v) is 9.33. The Kier molecular flexibility index (Phi) is 2.95. The van der Waals surface area contributed by atoms with Crippen LogP contribution in [0.5, 0.6) is 0 Å². The van der Waals surface area contributed by atoms with Crippen LogP contribution in [0.15, 0.2) is 24.5 Å². The molecule has 1 aliphatic rings. The molecule has 1 aliphatic heterocycles. The van der Waals surface area contributed by atoms with Crippen LogP contribution in [0.4, 0.5) is 4.79 Å². The van der Waals surface area contributed by atoms with Gasteiger partial charge in [0, 0.05) is 18.9 Å². The summed E-state index contributed by atoms with van der Waals surface area (Å²) in [6.07, 6.45) is 3.29. The SMILES string of the molecule is CC(C(=O)O)N1CC(c2ccncc2)NC1=O. The van der Waals surface area contributed by atoms with Crippen molar-refractivity contribution in [1.82, 2.24) is 15.2 Å². The summed E-state index contributed by atoms with van der Waals surface area (Å²) < 4.78 is 0. The molecule has 2 N–H and O–H groups in total. The summed E-state index contributed by atoms with van der Waals surface area (Å²) in [5, 5.41) is 11.6. The number of carbonyl (C=O) groups excluding carboxylic acids is 1. The molecule has 6 heteroatoms. The number of carboxylic acids is 1. The fourth-order valence-electron chi connectivity index (χ4n) is 1.81. The summed E-state index contributed by atoms with van der Waals surface area (Å²) in [5.74, 6) is -1.00. The predicted molar refractivity (Wildman–Crippen MR) is 59.3 cm³/mol. The van der Waals surface area contributed by atoms with Crippen molar-refractivity contribution in [3.8, 4) is 0 Å². The Bertz CT molecular complexity index is 435. The first kappa shape index (κ1) is 11.4. The van der Waals surface area contributed by atoms with Gasteiger partial charge in [-0.1, -0.05) is 0 Å². The van der Waals surface area contributed by atoms with Gasteiger partial charge in [-0.2, -0.15) is 0 Å². The predicted octanol–water partition coefficient (Wildman–Crippen LogP) is 0.621. The molecular formula is C11H13N3O3. The summed E-state index contributed by atoms with van der Waals surface area (Å²) >= 11 is 0. The Morgan fingerprint density at radius 2 is 2.24 bits per heavy atom. The van der Waals surface area contributed by atoms with Crippen LogP contribution in [0, 0.1) is 0 Å². The monoisotopic (exact) mass is 235 g/mol. The molecule has 0 spiro atoms. The van der Waals surface area contributed by atoms with Gasteiger partial charge >= 0.3 is 12.0 Å². The molecule has 2 atom stereocenters. The second kappa shape index (κ2) is 4.40. The van der Waals surface area contributed by atoms with Crippen LogP contribution >= 0.6 is 0 Å². The molecule has 0 radical (unpaired) electrons. The number of amides is 2. The zero-order chi connectivity index (χ0) is 12.4. The Hall–Kier alpha value is -2.11. The number of carboxylic acid groups (broad SMARTS) is 1. The standard InChI is InChI=1S/C11H13N3O3/c1-7(10(15)16)14-6-9(13-11(14)17)8-2-4-12-5-3-8/h2-5,7,9H,6H2,1H3,(H,13,17)(H,15,16). The first-order valence-electron chi connectivity index (χ1n) is 5.29. The van der Waals surface area contributed by atoms with E-state index >= 15 is 0 Å². The highest BCUT2D eigenvalue weighted by atomic mass is 16.4. The van der Waals surface area contributed by atoms with Gasteiger partial charge in [-0.05, 0) is 24.6 Å². The van der Waals surface area contributed by atoms with Crippen molar-refractivity contribution in [2.45, 2.75) is 19.0 Å². The Morgan fingerprint density at radius 1 is 1.59 bits per heavy atom. The molecule has 1 fully saturated rings. The van der Waals surface area contributed by atoms with E-state index in [-0.39, 0.29) is 12.1 Å². The van der Waals surface area contributed by atoms with Crippen LogP contribution in [0.1, 0.15) is 18.5 Å². The topological polar surface area (TPSA) is 82.5 Å². The van der Waals surface area contributed by atoms with E-state index in [2.05, 4.69) is 10.3 Å². The number of aliphatic carboxylic acids is 1. The van der Waals surface area contributed by atoms with E-state index in [1.165, 1.54) is 11.8 Å². The van der Waals surface area contributed by atoms with E-state index in [4.69, 9.17) is 5.11 Å². The van der Waals surface area contributed by atoms with Crippen molar-refractivity contribution >= 4 is 12.0 Å². The smallest absolute Gasteiger partial charge is 0.326 e. The molecule has 0 saturated carbocycles. The van der Waals surface area contributed by atoms with Crippen molar-refractivity contribution < 1.29 is 14.7 Å². The Morgan fingerprint density at radius 3 is 2.82 bits per heavy atom. The number of pyridine rings is 1. The van der Waals surface area contributed by atoms with E-state index < -0.39 is 12.0 Å². The third-order valence-electron chi connectivity index (χ3n) is 2.87. The maximum Gasteiger partial charge on any atom is 0.326 e. The van der Waals surface area contributed by atoms with Crippen molar-refractivity contribution in [2.75, 3.05) is 6.54 Å². The van der Waals surface area contributed by atoms with E-state index in [1.54, 1.807) is 24.5 Å². The van der Waals surface area contributed by atoms with Gasteiger partial charge in [-0.25, -0.2) is 9.59 Å². The molecule has 1 aromatic heterocycles. The molecular weight excluding hydrogens is 222 g/mol. The van der Waals surface area contributed by atoms with Gasteiger partial charge in [0.2, 0.25) is 0 Å². The van der Waals surface area contributed by atoms with Crippen LogP contribution in [-0.4, -0.2) is 39.6 Å². The number of nitrogens with zero attached hydrogens (tertiary/aromatic N) is 2. The van der Waals surface area contributed by atoms with Crippen LogP contribution in [0.3, 0.4) is 0 Å². The zero-order valence-electron chi connectivity index (χ0n) is 9.33. The van der Waals surface area contributed by atoms with Crippen LogP contribution in [0.2, 0.25) is 0 Å². The minimum absolute atomic E-state index is 0.174.